The Hall–Kier alpha value is -3.28. The Balaban J connectivity index is 0.000000160. The molecule has 0 unspecified atom stereocenters. The van der Waals surface area contributed by atoms with Gasteiger partial charge in [-0.1, -0.05) is 164 Å². The van der Waals surface area contributed by atoms with Crippen LogP contribution in [-0.2, 0) is 12.8 Å². The third kappa shape index (κ3) is 10.9. The Morgan fingerprint density at radius 1 is 0.365 bits per heavy atom. The Morgan fingerprint density at radius 2 is 0.730 bits per heavy atom. The second-order valence-electron chi connectivity index (χ2n) is 18.9. The number of unbranched alkanes of at least 4 members (excludes halogenated alkanes) is 14. The first kappa shape index (κ1) is 44.9. The van der Waals surface area contributed by atoms with Gasteiger partial charge in [0.1, 0.15) is 0 Å². The van der Waals surface area contributed by atoms with Gasteiger partial charge in [0, 0.05) is 40.3 Å². The zero-order chi connectivity index (χ0) is 42.8. The highest BCUT2D eigenvalue weighted by Gasteiger charge is 2.17. The fourth-order valence-electron chi connectivity index (χ4n) is 10.3. The first-order valence-corrected chi connectivity index (χ1v) is 28.6. The molecule has 0 saturated heterocycles. The molecular weight excluding hydrogens is 837 g/mol. The minimum Gasteiger partial charge on any atom is -0.134 e. The molecule has 0 saturated carbocycles. The SMILES string of the molecule is CCCCCCCCCCc1ccc2c(c1)sc1c3ccc(C4=CCCC4)cc3sc21.CCCCCCCCCCc1ccc2c(c1)sc1c3ccc(C4=CCCCC4)cc3sc21. The topological polar surface area (TPSA) is 0 Å². The maximum Gasteiger partial charge on any atom is 0.0542 e. The monoisotopic (exact) mass is 906 g/mol. The van der Waals surface area contributed by atoms with Crippen LogP contribution in [0.25, 0.3) is 70.3 Å². The van der Waals surface area contributed by atoms with Gasteiger partial charge in [-0.05, 0) is 128 Å². The summed E-state index contributed by atoms with van der Waals surface area (Å²) in [6.45, 7) is 4.59. The predicted octanol–water partition coefficient (Wildman–Crippen LogP) is 21.4. The van der Waals surface area contributed by atoms with Crippen LogP contribution in [0.2, 0.25) is 0 Å². The highest BCUT2D eigenvalue weighted by molar-refractivity contribution is 7.37. The van der Waals surface area contributed by atoms with Crippen molar-refractivity contribution in [2.24, 2.45) is 0 Å². The summed E-state index contributed by atoms with van der Waals surface area (Å²) in [6.07, 6.45) is 38.7. The zero-order valence-corrected chi connectivity index (χ0v) is 41.7. The van der Waals surface area contributed by atoms with Crippen LogP contribution in [0.15, 0.2) is 84.9 Å². The van der Waals surface area contributed by atoms with Crippen LogP contribution in [0, 0.1) is 0 Å². The molecule has 0 N–H and O–H groups in total. The fraction of sp³-hybridized carbons (Fsp3) is 0.458. The van der Waals surface area contributed by atoms with Gasteiger partial charge in [0.25, 0.3) is 0 Å². The summed E-state index contributed by atoms with van der Waals surface area (Å²) < 4.78 is 11.8. The average molecular weight is 907 g/mol. The molecule has 63 heavy (non-hydrogen) atoms. The van der Waals surface area contributed by atoms with E-state index in [2.05, 4.69) is 98.8 Å². The highest BCUT2D eigenvalue weighted by Crippen LogP contribution is 2.47. The Morgan fingerprint density at radius 3 is 1.13 bits per heavy atom. The predicted molar refractivity (Wildman–Crippen MR) is 290 cm³/mol. The third-order valence-electron chi connectivity index (χ3n) is 14.0. The molecule has 0 spiro atoms. The summed E-state index contributed by atoms with van der Waals surface area (Å²) in [5, 5.41) is 5.83. The highest BCUT2D eigenvalue weighted by atomic mass is 32.1. The zero-order valence-electron chi connectivity index (χ0n) is 38.4. The summed E-state index contributed by atoms with van der Waals surface area (Å²) in [5.74, 6) is 0. The third-order valence-corrected chi connectivity index (χ3v) is 19.0. The van der Waals surface area contributed by atoms with Gasteiger partial charge in [-0.25, -0.2) is 0 Å². The van der Waals surface area contributed by atoms with Crippen molar-refractivity contribution < 1.29 is 0 Å². The average Bonchev–Trinajstić information content (AvgIpc) is 4.16. The van der Waals surface area contributed by atoms with E-state index in [9.17, 15) is 0 Å². The maximum atomic E-state index is 2.47. The van der Waals surface area contributed by atoms with Crippen LogP contribution >= 0.6 is 45.3 Å². The number of hydrogen-bond donors (Lipinski definition) is 0. The summed E-state index contributed by atoms with van der Waals surface area (Å²) in [7, 11) is 0. The second-order valence-corrected chi connectivity index (χ2v) is 23.1. The van der Waals surface area contributed by atoms with Crippen molar-refractivity contribution in [3.05, 3.63) is 107 Å². The van der Waals surface area contributed by atoms with Crippen molar-refractivity contribution in [2.75, 3.05) is 0 Å². The fourth-order valence-corrected chi connectivity index (χ4v) is 15.8. The molecule has 2 aliphatic rings. The van der Waals surface area contributed by atoms with E-state index in [4.69, 9.17) is 0 Å². The van der Waals surface area contributed by atoms with E-state index < -0.39 is 0 Å². The Kier molecular flexibility index (Phi) is 15.9. The molecule has 4 heterocycles. The van der Waals surface area contributed by atoms with Crippen molar-refractivity contribution in [3.8, 4) is 0 Å². The molecule has 8 aromatic rings. The van der Waals surface area contributed by atoms with Gasteiger partial charge in [0.05, 0.1) is 18.8 Å². The second kappa shape index (κ2) is 22.3. The molecule has 4 aromatic heterocycles. The minimum absolute atomic E-state index is 1.23. The molecule has 0 radical (unpaired) electrons. The number of allylic oxidation sites excluding steroid dienone is 4. The van der Waals surface area contributed by atoms with Crippen LogP contribution in [0.4, 0.5) is 0 Å². The Bertz CT molecular complexity index is 2810. The molecule has 4 aromatic carbocycles. The van der Waals surface area contributed by atoms with Crippen LogP contribution < -0.4 is 0 Å². The molecule has 0 bridgehead atoms. The number of fused-ring (bicyclic) bond motifs is 10. The minimum atomic E-state index is 1.23. The van der Waals surface area contributed by atoms with Crippen LogP contribution in [-0.4, -0.2) is 0 Å². The summed E-state index contributed by atoms with van der Waals surface area (Å²) in [4.78, 5) is 0. The van der Waals surface area contributed by atoms with Gasteiger partial charge >= 0.3 is 0 Å². The normalized spacial score (nSPS) is 14.4. The van der Waals surface area contributed by atoms with Crippen molar-refractivity contribution in [2.45, 2.75) is 174 Å². The largest absolute Gasteiger partial charge is 0.134 e. The van der Waals surface area contributed by atoms with Crippen LogP contribution in [0.3, 0.4) is 0 Å². The molecule has 0 aliphatic heterocycles. The number of benzene rings is 4. The molecule has 330 valence electrons. The lowest BCUT2D eigenvalue weighted by atomic mass is 9.93. The van der Waals surface area contributed by atoms with Crippen LogP contribution in [0.5, 0.6) is 0 Å². The quantitative estimate of drug-likeness (QED) is 0.0669. The van der Waals surface area contributed by atoms with Gasteiger partial charge in [-0.15, -0.1) is 45.3 Å². The van der Waals surface area contributed by atoms with Gasteiger partial charge < -0.3 is 0 Å². The van der Waals surface area contributed by atoms with Gasteiger partial charge in [-0.2, -0.15) is 0 Å². The molecule has 10 rings (SSSR count). The van der Waals surface area contributed by atoms with Gasteiger partial charge in [-0.3, -0.25) is 0 Å². The lowest BCUT2D eigenvalue weighted by Gasteiger charge is -2.12. The van der Waals surface area contributed by atoms with Gasteiger partial charge in [0.15, 0.2) is 0 Å². The number of hydrogen-bond acceptors (Lipinski definition) is 4. The summed E-state index contributed by atoms with van der Waals surface area (Å²) >= 11 is 7.99. The molecule has 0 nitrogen and oxygen atoms in total. The first-order valence-electron chi connectivity index (χ1n) is 25.3. The van der Waals surface area contributed by atoms with E-state index in [0.29, 0.717) is 0 Å². The molecule has 4 heteroatoms. The number of thiophene rings is 4. The molecule has 0 fully saturated rings. The van der Waals surface area contributed by atoms with Crippen molar-refractivity contribution in [1.29, 1.82) is 0 Å². The van der Waals surface area contributed by atoms with E-state index in [0.717, 1.165) is 0 Å². The lowest BCUT2D eigenvalue weighted by molar-refractivity contribution is 0.575. The van der Waals surface area contributed by atoms with Gasteiger partial charge in [0.2, 0.25) is 0 Å². The van der Waals surface area contributed by atoms with Crippen LogP contribution in [0.1, 0.15) is 184 Å². The molecule has 0 atom stereocenters. The summed E-state index contributed by atoms with van der Waals surface area (Å²) in [6, 6.07) is 28.9. The number of aryl methyl sites for hydroxylation is 2. The number of rotatable bonds is 20. The molecule has 2 aliphatic carbocycles. The standard InChI is InChI=1S/C30H36S2.C29H34S2/c1-2-3-4-5-6-7-8-10-13-22-16-18-25-27(20-22)31-30-26-19-17-24(21-28(26)32-29(25)30)23-14-11-9-12-15-23;1-2-3-4-5-6-7-8-9-12-21-15-17-24-26(19-21)30-29-25-18-16-23(22-13-10-11-14-22)20-27(25)31-28(24)29/h14,16-21H,2-13,15H2,1H3;13,15-20H,2-12,14H2,1H3. The first-order chi connectivity index (χ1) is 31.2. The van der Waals surface area contributed by atoms with Crippen molar-refractivity contribution >= 4 is 116 Å². The van der Waals surface area contributed by atoms with Crippen molar-refractivity contribution in [1.82, 2.24) is 0 Å². The van der Waals surface area contributed by atoms with E-state index in [1.54, 1.807) is 11.1 Å². The lowest BCUT2D eigenvalue weighted by Crippen LogP contribution is -1.91. The maximum absolute atomic E-state index is 2.47. The van der Waals surface area contributed by atoms with Crippen molar-refractivity contribution in [3.63, 3.8) is 0 Å². The molecular formula is C59H70S4. The van der Waals surface area contributed by atoms with E-state index >= 15 is 0 Å². The summed E-state index contributed by atoms with van der Waals surface area (Å²) in [5.41, 5.74) is 9.04. The van der Waals surface area contributed by atoms with E-state index in [-0.39, 0.29) is 0 Å². The van der Waals surface area contributed by atoms with E-state index in [1.807, 2.05) is 45.3 Å². The molecule has 0 amide bonds. The van der Waals surface area contributed by atoms with E-state index in [1.165, 1.54) is 242 Å². The smallest absolute Gasteiger partial charge is 0.0542 e. The Labute approximate surface area is 394 Å².